The van der Waals surface area contributed by atoms with Crippen LogP contribution in [-0.2, 0) is 4.74 Å². The maximum Gasteiger partial charge on any atom is 0.255 e. The van der Waals surface area contributed by atoms with Crippen molar-refractivity contribution in [2.45, 2.75) is 33.6 Å². The molecule has 1 aromatic heterocycles. The van der Waals surface area contributed by atoms with Crippen LogP contribution in [-0.4, -0.2) is 37.2 Å². The maximum atomic E-state index is 14.9. The van der Waals surface area contributed by atoms with Gasteiger partial charge in [-0.3, -0.25) is 4.79 Å². The predicted octanol–water partition coefficient (Wildman–Crippen LogP) is 5.78. The van der Waals surface area contributed by atoms with E-state index in [1.165, 1.54) is 6.07 Å². The highest BCUT2D eigenvalue weighted by molar-refractivity contribution is 6.04. The summed E-state index contributed by atoms with van der Waals surface area (Å²) >= 11 is 0. The summed E-state index contributed by atoms with van der Waals surface area (Å²) in [6.45, 7) is 10.6. The molecule has 1 aliphatic heterocycles. The van der Waals surface area contributed by atoms with E-state index in [-0.39, 0.29) is 11.6 Å². The number of amides is 1. The zero-order valence-electron chi connectivity index (χ0n) is 20.6. The van der Waals surface area contributed by atoms with Gasteiger partial charge in [0.2, 0.25) is 0 Å². The first-order valence-electron chi connectivity index (χ1n) is 11.8. The molecule has 0 atom stereocenters. The molecular weight excluding hydrogens is 441 g/mol. The third-order valence-corrected chi connectivity index (χ3v) is 6.15. The van der Waals surface area contributed by atoms with Gasteiger partial charge in [0, 0.05) is 30.4 Å². The SMILES string of the molecule is CC#Cc1ncc(-c2cc(NC(=O)c3cccc(C(C)C)c3)c(F)cc2C)cc1N1CCOCC1. The van der Waals surface area contributed by atoms with Crippen molar-refractivity contribution in [2.75, 3.05) is 36.5 Å². The number of benzene rings is 2. The number of morpholine rings is 1. The van der Waals surface area contributed by atoms with Crippen molar-refractivity contribution >= 4 is 17.3 Å². The Morgan fingerprint density at radius 3 is 2.66 bits per heavy atom. The zero-order valence-corrected chi connectivity index (χ0v) is 20.6. The van der Waals surface area contributed by atoms with Crippen molar-refractivity contribution in [3.63, 3.8) is 0 Å². The summed E-state index contributed by atoms with van der Waals surface area (Å²) in [4.78, 5) is 19.7. The molecule has 0 saturated carbocycles. The highest BCUT2D eigenvalue weighted by Crippen LogP contribution is 2.32. The molecule has 6 heteroatoms. The number of hydrogen-bond acceptors (Lipinski definition) is 4. The van der Waals surface area contributed by atoms with Gasteiger partial charge in [0.15, 0.2) is 0 Å². The van der Waals surface area contributed by atoms with E-state index >= 15 is 0 Å². The van der Waals surface area contributed by atoms with Crippen LogP contribution in [0.3, 0.4) is 0 Å². The van der Waals surface area contributed by atoms with Gasteiger partial charge in [-0.1, -0.05) is 31.9 Å². The smallest absolute Gasteiger partial charge is 0.255 e. The molecule has 180 valence electrons. The highest BCUT2D eigenvalue weighted by atomic mass is 19.1. The van der Waals surface area contributed by atoms with Crippen molar-refractivity contribution in [3.8, 4) is 23.0 Å². The molecule has 3 aromatic rings. The van der Waals surface area contributed by atoms with Crippen molar-refractivity contribution in [3.05, 3.63) is 76.9 Å². The fraction of sp³-hybridized carbons (Fsp3) is 0.310. The predicted molar refractivity (Wildman–Crippen MR) is 138 cm³/mol. The number of carbonyl (C=O) groups excluding carboxylic acids is 1. The van der Waals surface area contributed by atoms with Gasteiger partial charge in [0.25, 0.3) is 5.91 Å². The Balaban J connectivity index is 1.69. The second-order valence-electron chi connectivity index (χ2n) is 8.95. The van der Waals surface area contributed by atoms with Crippen LogP contribution in [0.15, 0.2) is 48.7 Å². The van der Waals surface area contributed by atoms with E-state index in [1.54, 1.807) is 25.3 Å². The van der Waals surface area contributed by atoms with Gasteiger partial charge in [-0.25, -0.2) is 9.37 Å². The molecule has 1 saturated heterocycles. The Bertz CT molecular complexity index is 1300. The Morgan fingerprint density at radius 2 is 1.94 bits per heavy atom. The number of halogens is 1. The summed E-state index contributed by atoms with van der Waals surface area (Å²) < 4.78 is 20.4. The van der Waals surface area contributed by atoms with E-state index in [9.17, 15) is 9.18 Å². The van der Waals surface area contributed by atoms with E-state index in [0.29, 0.717) is 30.4 Å². The quantitative estimate of drug-likeness (QED) is 0.479. The minimum Gasteiger partial charge on any atom is -0.378 e. The van der Waals surface area contributed by atoms with Crippen LogP contribution in [0.5, 0.6) is 0 Å². The van der Waals surface area contributed by atoms with Crippen LogP contribution >= 0.6 is 0 Å². The number of carbonyl (C=O) groups is 1. The highest BCUT2D eigenvalue weighted by Gasteiger charge is 2.18. The molecule has 1 aliphatic rings. The molecule has 1 amide bonds. The largest absolute Gasteiger partial charge is 0.378 e. The first-order chi connectivity index (χ1) is 16.9. The molecule has 4 rings (SSSR count). The van der Waals surface area contributed by atoms with Crippen molar-refractivity contribution < 1.29 is 13.9 Å². The Kier molecular flexibility index (Phi) is 7.48. The van der Waals surface area contributed by atoms with Gasteiger partial charge in [-0.05, 0) is 72.7 Å². The van der Waals surface area contributed by atoms with Crippen LogP contribution < -0.4 is 10.2 Å². The zero-order chi connectivity index (χ0) is 24.9. The van der Waals surface area contributed by atoms with Crippen molar-refractivity contribution in [2.24, 2.45) is 0 Å². The summed E-state index contributed by atoms with van der Waals surface area (Å²) in [5, 5.41) is 2.76. The molecule has 2 aromatic carbocycles. The lowest BCUT2D eigenvalue weighted by Gasteiger charge is -2.29. The summed E-state index contributed by atoms with van der Waals surface area (Å²) in [5.41, 5.74) is 5.72. The minimum absolute atomic E-state index is 0.135. The van der Waals surface area contributed by atoms with Gasteiger partial charge < -0.3 is 15.0 Å². The second-order valence-corrected chi connectivity index (χ2v) is 8.95. The fourth-order valence-electron chi connectivity index (χ4n) is 4.17. The monoisotopic (exact) mass is 471 g/mol. The summed E-state index contributed by atoms with van der Waals surface area (Å²) in [6, 6.07) is 12.6. The average molecular weight is 472 g/mol. The standard InChI is InChI=1S/C29H30FN3O2/c1-5-7-26-28(33-10-12-35-13-11-33)16-23(18-31-26)24-17-27(25(30)14-20(24)4)32-29(34)22-9-6-8-21(15-22)19(2)3/h6,8-9,14-19H,10-13H2,1-4H3,(H,32,34). The first kappa shape index (κ1) is 24.4. The van der Waals surface area contributed by atoms with E-state index in [1.807, 2.05) is 31.2 Å². The average Bonchev–Trinajstić information content (AvgIpc) is 2.86. The van der Waals surface area contributed by atoms with Gasteiger partial charge in [-0.2, -0.15) is 0 Å². The number of nitrogens with one attached hydrogen (secondary N) is 1. The van der Waals surface area contributed by atoms with Crippen molar-refractivity contribution in [1.29, 1.82) is 0 Å². The molecule has 0 aliphatic carbocycles. The molecule has 35 heavy (non-hydrogen) atoms. The van der Waals surface area contributed by atoms with Crippen LogP contribution in [0.25, 0.3) is 11.1 Å². The number of pyridine rings is 1. The Hall–Kier alpha value is -3.69. The van der Waals surface area contributed by atoms with Crippen LogP contribution in [0, 0.1) is 24.6 Å². The lowest BCUT2D eigenvalue weighted by atomic mass is 9.99. The van der Waals surface area contributed by atoms with Gasteiger partial charge in [-0.15, -0.1) is 0 Å². The number of ether oxygens (including phenoxy) is 1. The number of anilines is 2. The fourth-order valence-corrected chi connectivity index (χ4v) is 4.17. The van der Waals surface area contributed by atoms with E-state index < -0.39 is 5.82 Å². The van der Waals surface area contributed by atoms with Crippen LogP contribution in [0.2, 0.25) is 0 Å². The molecule has 1 N–H and O–H groups in total. The van der Waals surface area contributed by atoms with Gasteiger partial charge >= 0.3 is 0 Å². The number of nitrogens with zero attached hydrogens (tertiary/aromatic N) is 2. The molecular formula is C29H30FN3O2. The topological polar surface area (TPSA) is 54.5 Å². The van der Waals surface area contributed by atoms with Crippen molar-refractivity contribution in [1.82, 2.24) is 4.98 Å². The number of aromatic nitrogens is 1. The number of rotatable bonds is 5. The lowest BCUT2D eigenvalue weighted by Crippen LogP contribution is -2.36. The Morgan fingerprint density at radius 1 is 1.17 bits per heavy atom. The minimum atomic E-state index is -0.477. The van der Waals surface area contributed by atoms with E-state index in [4.69, 9.17) is 4.74 Å². The van der Waals surface area contributed by atoms with Crippen LogP contribution in [0.4, 0.5) is 15.8 Å². The third-order valence-electron chi connectivity index (χ3n) is 6.15. The first-order valence-corrected chi connectivity index (χ1v) is 11.8. The molecule has 0 radical (unpaired) electrons. The maximum absolute atomic E-state index is 14.9. The molecule has 0 unspecified atom stereocenters. The lowest BCUT2D eigenvalue weighted by molar-refractivity contribution is 0.102. The number of hydrogen-bond donors (Lipinski definition) is 1. The third kappa shape index (κ3) is 5.52. The van der Waals surface area contributed by atoms with Crippen LogP contribution in [0.1, 0.15) is 53.9 Å². The molecule has 2 heterocycles. The molecule has 1 fully saturated rings. The van der Waals surface area contributed by atoms with E-state index in [2.05, 4.69) is 40.9 Å². The summed E-state index contributed by atoms with van der Waals surface area (Å²) in [5.74, 6) is 5.48. The summed E-state index contributed by atoms with van der Waals surface area (Å²) in [6.07, 6.45) is 1.75. The second kappa shape index (κ2) is 10.7. The molecule has 0 spiro atoms. The molecule has 0 bridgehead atoms. The summed E-state index contributed by atoms with van der Waals surface area (Å²) in [7, 11) is 0. The normalized spacial score (nSPS) is 13.4. The van der Waals surface area contributed by atoms with E-state index in [0.717, 1.165) is 41.0 Å². The number of aryl methyl sites for hydroxylation is 1. The molecule has 5 nitrogen and oxygen atoms in total. The Labute approximate surface area is 206 Å². The van der Waals surface area contributed by atoms with Gasteiger partial charge in [0.05, 0.1) is 24.6 Å². The van der Waals surface area contributed by atoms with Gasteiger partial charge in [0.1, 0.15) is 11.5 Å².